The number of hydrogen-bond donors (Lipinski definition) is 0. The van der Waals surface area contributed by atoms with E-state index in [1.54, 1.807) is 4.90 Å². The predicted molar refractivity (Wildman–Crippen MR) is 88.0 cm³/mol. The first-order valence-electron chi connectivity index (χ1n) is 7.50. The summed E-state index contributed by atoms with van der Waals surface area (Å²) >= 11 is 6.12. The topological polar surface area (TPSA) is 60.2 Å². The molecule has 2 aromatic rings. The van der Waals surface area contributed by atoms with Gasteiger partial charge in [0.15, 0.2) is 0 Å². The summed E-state index contributed by atoms with van der Waals surface area (Å²) in [5, 5.41) is 9.13. The molecule has 1 aliphatic rings. The van der Waals surface area contributed by atoms with Gasteiger partial charge in [-0.3, -0.25) is 4.79 Å². The van der Waals surface area contributed by atoms with Crippen molar-refractivity contribution in [2.75, 3.05) is 24.5 Å². The van der Waals surface area contributed by atoms with Gasteiger partial charge in [-0.15, -0.1) is 0 Å². The molecular formula is C17H13ClF2N4O. The third-order valence-corrected chi connectivity index (χ3v) is 4.22. The molecule has 0 spiro atoms. The van der Waals surface area contributed by atoms with Gasteiger partial charge in [-0.25, -0.2) is 13.8 Å². The molecule has 8 heteroatoms. The van der Waals surface area contributed by atoms with Gasteiger partial charge < -0.3 is 9.80 Å². The van der Waals surface area contributed by atoms with Crippen LogP contribution in [0, 0.1) is 23.0 Å². The van der Waals surface area contributed by atoms with Crippen molar-refractivity contribution in [2.45, 2.75) is 6.54 Å². The Kier molecular flexibility index (Phi) is 4.81. The minimum absolute atomic E-state index is 0.00476. The average Bonchev–Trinajstić information content (AvgIpc) is 2.59. The van der Waals surface area contributed by atoms with Crippen molar-refractivity contribution in [1.82, 2.24) is 9.88 Å². The van der Waals surface area contributed by atoms with Crippen LogP contribution in [0.5, 0.6) is 0 Å². The van der Waals surface area contributed by atoms with Gasteiger partial charge in [0.2, 0.25) is 5.91 Å². The standard InChI is InChI=1S/C17H13ClF2N4O/c18-14-5-11(7-21)8-22-17(14)24-4-3-23(16(25)10-24)9-12-6-13(19)1-2-15(12)20/h1-2,5-6,8H,3-4,9-10H2. The largest absolute Gasteiger partial charge is 0.344 e. The Hall–Kier alpha value is -2.72. The van der Waals surface area contributed by atoms with Crippen LogP contribution in [0.4, 0.5) is 14.6 Å². The van der Waals surface area contributed by atoms with Crippen molar-refractivity contribution < 1.29 is 13.6 Å². The Morgan fingerprint density at radius 2 is 2.08 bits per heavy atom. The Morgan fingerprint density at radius 3 is 2.76 bits per heavy atom. The summed E-state index contributed by atoms with van der Waals surface area (Å²) in [5.41, 5.74) is 0.469. The van der Waals surface area contributed by atoms with Gasteiger partial charge in [0, 0.05) is 31.4 Å². The number of carbonyl (C=O) groups is 1. The molecule has 0 atom stereocenters. The van der Waals surface area contributed by atoms with E-state index in [9.17, 15) is 13.6 Å². The second-order valence-corrected chi connectivity index (χ2v) is 6.02. The zero-order valence-electron chi connectivity index (χ0n) is 13.0. The van der Waals surface area contributed by atoms with Crippen LogP contribution in [0.3, 0.4) is 0 Å². The quantitative estimate of drug-likeness (QED) is 0.842. The van der Waals surface area contributed by atoms with E-state index in [1.807, 2.05) is 6.07 Å². The van der Waals surface area contributed by atoms with E-state index in [0.717, 1.165) is 18.2 Å². The fourth-order valence-corrected chi connectivity index (χ4v) is 2.94. The van der Waals surface area contributed by atoms with E-state index in [0.29, 0.717) is 24.5 Å². The van der Waals surface area contributed by atoms with Crippen molar-refractivity contribution in [3.8, 4) is 6.07 Å². The van der Waals surface area contributed by atoms with E-state index in [1.165, 1.54) is 17.2 Å². The summed E-state index contributed by atoms with van der Waals surface area (Å²) in [6.45, 7) is 0.800. The van der Waals surface area contributed by atoms with Crippen LogP contribution in [0.1, 0.15) is 11.1 Å². The maximum absolute atomic E-state index is 13.7. The highest BCUT2D eigenvalue weighted by molar-refractivity contribution is 6.33. The number of anilines is 1. The number of carbonyl (C=O) groups excluding carboxylic acids is 1. The normalized spacial score (nSPS) is 14.6. The molecule has 0 bridgehead atoms. The van der Waals surface area contributed by atoms with Crippen molar-refractivity contribution in [1.29, 1.82) is 5.26 Å². The molecule has 3 rings (SSSR count). The molecule has 1 fully saturated rings. The molecule has 25 heavy (non-hydrogen) atoms. The van der Waals surface area contributed by atoms with Crippen LogP contribution in [0.25, 0.3) is 0 Å². The molecule has 0 unspecified atom stereocenters. The van der Waals surface area contributed by atoms with E-state index in [2.05, 4.69) is 4.98 Å². The smallest absolute Gasteiger partial charge is 0.242 e. The second-order valence-electron chi connectivity index (χ2n) is 5.61. The number of amides is 1. The Labute approximate surface area is 148 Å². The maximum atomic E-state index is 13.7. The molecule has 0 aliphatic carbocycles. The molecule has 0 N–H and O–H groups in total. The SMILES string of the molecule is N#Cc1cnc(N2CCN(Cc3cc(F)ccc3F)C(=O)C2)c(Cl)c1. The molecule has 1 saturated heterocycles. The van der Waals surface area contributed by atoms with Crippen LogP contribution in [-0.4, -0.2) is 35.4 Å². The minimum atomic E-state index is -0.548. The van der Waals surface area contributed by atoms with Gasteiger partial charge in [-0.05, 0) is 24.3 Å². The number of rotatable bonds is 3. The van der Waals surface area contributed by atoms with Crippen LogP contribution in [-0.2, 0) is 11.3 Å². The Morgan fingerprint density at radius 1 is 1.28 bits per heavy atom. The molecule has 1 aromatic carbocycles. The van der Waals surface area contributed by atoms with E-state index >= 15 is 0 Å². The molecule has 5 nitrogen and oxygen atoms in total. The first-order chi connectivity index (χ1) is 12.0. The second kappa shape index (κ2) is 7.03. The summed E-state index contributed by atoms with van der Waals surface area (Å²) < 4.78 is 27.0. The molecule has 0 radical (unpaired) electrons. The van der Waals surface area contributed by atoms with Crippen molar-refractivity contribution in [3.63, 3.8) is 0 Å². The molecule has 0 saturated carbocycles. The van der Waals surface area contributed by atoms with E-state index in [4.69, 9.17) is 16.9 Å². The predicted octanol–water partition coefficient (Wildman–Crippen LogP) is 2.73. The molecule has 1 aromatic heterocycles. The van der Waals surface area contributed by atoms with Crippen molar-refractivity contribution in [2.24, 2.45) is 0 Å². The summed E-state index contributed by atoms with van der Waals surface area (Å²) in [5.74, 6) is -0.910. The van der Waals surface area contributed by atoms with Crippen LogP contribution in [0.15, 0.2) is 30.5 Å². The number of pyridine rings is 1. The Balaban J connectivity index is 1.72. The zero-order valence-corrected chi connectivity index (χ0v) is 13.8. The first kappa shape index (κ1) is 17.1. The number of hydrogen-bond acceptors (Lipinski definition) is 4. The zero-order chi connectivity index (χ0) is 18.0. The number of nitriles is 1. The fourth-order valence-electron chi connectivity index (χ4n) is 2.65. The van der Waals surface area contributed by atoms with Gasteiger partial charge >= 0.3 is 0 Å². The van der Waals surface area contributed by atoms with Gasteiger partial charge in [0.1, 0.15) is 23.5 Å². The Bertz CT molecular complexity index is 868. The van der Waals surface area contributed by atoms with Crippen molar-refractivity contribution >= 4 is 23.3 Å². The van der Waals surface area contributed by atoms with Gasteiger partial charge in [-0.2, -0.15) is 5.26 Å². The van der Waals surface area contributed by atoms with Crippen LogP contribution < -0.4 is 4.90 Å². The summed E-state index contributed by atoms with van der Waals surface area (Å²) in [4.78, 5) is 19.7. The lowest BCUT2D eigenvalue weighted by atomic mass is 10.1. The minimum Gasteiger partial charge on any atom is -0.344 e. The number of nitrogens with zero attached hydrogens (tertiary/aromatic N) is 4. The lowest BCUT2D eigenvalue weighted by Gasteiger charge is -2.35. The molecule has 1 aliphatic heterocycles. The molecular weight excluding hydrogens is 350 g/mol. The first-order valence-corrected chi connectivity index (χ1v) is 7.88. The van der Waals surface area contributed by atoms with Crippen LogP contribution >= 0.6 is 11.6 Å². The summed E-state index contributed by atoms with van der Waals surface area (Å²) in [6.07, 6.45) is 1.39. The molecule has 128 valence electrons. The number of piperazine rings is 1. The lowest BCUT2D eigenvalue weighted by Crippen LogP contribution is -2.50. The highest BCUT2D eigenvalue weighted by atomic mass is 35.5. The number of benzene rings is 1. The van der Waals surface area contributed by atoms with Crippen LogP contribution in [0.2, 0.25) is 5.02 Å². The fraction of sp³-hybridized carbons (Fsp3) is 0.235. The maximum Gasteiger partial charge on any atom is 0.242 e. The summed E-state index contributed by atoms with van der Waals surface area (Å²) in [7, 11) is 0. The van der Waals surface area contributed by atoms with Crippen molar-refractivity contribution in [3.05, 3.63) is 58.2 Å². The average molecular weight is 363 g/mol. The van der Waals surface area contributed by atoms with Gasteiger partial charge in [-0.1, -0.05) is 11.6 Å². The third-order valence-electron chi connectivity index (χ3n) is 3.94. The molecule has 1 amide bonds. The monoisotopic (exact) mass is 362 g/mol. The summed E-state index contributed by atoms with van der Waals surface area (Å²) in [6, 6.07) is 6.61. The highest BCUT2D eigenvalue weighted by Gasteiger charge is 2.26. The molecule has 2 heterocycles. The van der Waals surface area contributed by atoms with E-state index in [-0.39, 0.29) is 29.6 Å². The van der Waals surface area contributed by atoms with E-state index < -0.39 is 11.6 Å². The van der Waals surface area contributed by atoms with Gasteiger partial charge in [0.05, 0.1) is 17.1 Å². The third kappa shape index (κ3) is 3.69. The number of aromatic nitrogens is 1. The lowest BCUT2D eigenvalue weighted by molar-refractivity contribution is -0.131. The van der Waals surface area contributed by atoms with Gasteiger partial charge in [0.25, 0.3) is 0 Å². The number of halogens is 3. The highest BCUT2D eigenvalue weighted by Crippen LogP contribution is 2.25.